The highest BCUT2D eigenvalue weighted by molar-refractivity contribution is 5.96. The number of rotatable bonds is 3. The molecule has 0 spiro atoms. The molecule has 1 saturated carbocycles. The average Bonchev–Trinajstić information content (AvgIpc) is 3.27. The minimum absolute atomic E-state index is 0.223. The Kier molecular flexibility index (Phi) is 3.23. The van der Waals surface area contributed by atoms with E-state index in [0.29, 0.717) is 11.4 Å². The van der Waals surface area contributed by atoms with Gasteiger partial charge in [-0.2, -0.15) is 0 Å². The van der Waals surface area contributed by atoms with Crippen molar-refractivity contribution in [1.82, 2.24) is 19.5 Å². The first kappa shape index (κ1) is 15.6. The maximum absolute atomic E-state index is 14.8. The smallest absolute Gasteiger partial charge is 0.151 e. The van der Waals surface area contributed by atoms with Gasteiger partial charge in [0.1, 0.15) is 17.0 Å². The first-order valence-corrected chi connectivity index (χ1v) is 9.19. The Hall–Kier alpha value is -2.69. The number of pyridine rings is 1. The SMILES string of the molecule is Cc1nc2c(F)cc(-c3c[nH]c4nc(C5CC5)ccc34)cc2n1C(C)C. The maximum atomic E-state index is 14.8. The molecule has 1 aliphatic rings. The summed E-state index contributed by atoms with van der Waals surface area (Å²) in [4.78, 5) is 12.4. The summed E-state index contributed by atoms with van der Waals surface area (Å²) in [5.74, 6) is 1.17. The van der Waals surface area contributed by atoms with Gasteiger partial charge in [0, 0.05) is 34.8 Å². The highest BCUT2D eigenvalue weighted by Crippen LogP contribution is 2.40. The van der Waals surface area contributed by atoms with Crippen LogP contribution in [0.15, 0.2) is 30.5 Å². The van der Waals surface area contributed by atoms with Crippen LogP contribution in [0.3, 0.4) is 0 Å². The molecule has 4 nitrogen and oxygen atoms in total. The molecule has 1 aliphatic carbocycles. The van der Waals surface area contributed by atoms with E-state index < -0.39 is 0 Å². The second kappa shape index (κ2) is 5.40. The lowest BCUT2D eigenvalue weighted by atomic mass is 10.0. The summed E-state index contributed by atoms with van der Waals surface area (Å²) in [6.07, 6.45) is 4.39. The predicted octanol–water partition coefficient (Wildman–Crippen LogP) is 5.49. The Bertz CT molecular complexity index is 1150. The van der Waals surface area contributed by atoms with Gasteiger partial charge < -0.3 is 9.55 Å². The molecule has 5 heteroatoms. The Balaban J connectivity index is 1.71. The van der Waals surface area contributed by atoms with Gasteiger partial charge in [0.05, 0.1) is 5.52 Å². The standard InChI is InChI=1S/C21H21FN4/c1-11(2)26-12(3)24-20-17(22)8-14(9-19(20)26)16-10-23-21-15(16)6-7-18(25-21)13-4-5-13/h6-11,13H,4-5H2,1-3H3,(H,23,25). The number of H-pyrrole nitrogens is 1. The van der Waals surface area contributed by atoms with Gasteiger partial charge in [-0.05, 0) is 63.4 Å². The van der Waals surface area contributed by atoms with E-state index >= 15 is 0 Å². The molecule has 132 valence electrons. The number of benzene rings is 1. The predicted molar refractivity (Wildman–Crippen MR) is 102 cm³/mol. The highest BCUT2D eigenvalue weighted by Gasteiger charge is 2.25. The van der Waals surface area contributed by atoms with Crippen LogP contribution >= 0.6 is 0 Å². The minimum atomic E-state index is -0.281. The van der Waals surface area contributed by atoms with Crippen LogP contribution < -0.4 is 0 Å². The van der Waals surface area contributed by atoms with Crippen LogP contribution in [-0.2, 0) is 0 Å². The third kappa shape index (κ3) is 2.26. The second-order valence-corrected chi connectivity index (χ2v) is 7.56. The van der Waals surface area contributed by atoms with Gasteiger partial charge in [0.25, 0.3) is 0 Å². The molecule has 5 rings (SSSR count). The molecule has 0 unspecified atom stereocenters. The molecule has 26 heavy (non-hydrogen) atoms. The summed E-state index contributed by atoms with van der Waals surface area (Å²) in [6.45, 7) is 6.11. The fourth-order valence-corrected chi connectivity index (χ4v) is 3.94. The molecule has 0 aliphatic heterocycles. The second-order valence-electron chi connectivity index (χ2n) is 7.56. The topological polar surface area (TPSA) is 46.5 Å². The van der Waals surface area contributed by atoms with Gasteiger partial charge in [-0.15, -0.1) is 0 Å². The molecule has 0 radical (unpaired) electrons. The Labute approximate surface area is 151 Å². The van der Waals surface area contributed by atoms with Gasteiger partial charge in [-0.25, -0.2) is 14.4 Å². The zero-order valence-electron chi connectivity index (χ0n) is 15.2. The van der Waals surface area contributed by atoms with Crippen molar-refractivity contribution >= 4 is 22.1 Å². The fraction of sp³-hybridized carbons (Fsp3) is 0.333. The number of aromatic amines is 1. The molecule has 3 aromatic heterocycles. The van der Waals surface area contributed by atoms with Crippen LogP contribution in [0.4, 0.5) is 4.39 Å². The number of hydrogen-bond donors (Lipinski definition) is 1. The summed E-state index contributed by atoms with van der Waals surface area (Å²) >= 11 is 0. The van der Waals surface area contributed by atoms with Crippen molar-refractivity contribution in [2.45, 2.75) is 45.6 Å². The van der Waals surface area contributed by atoms with E-state index in [1.807, 2.05) is 19.2 Å². The molecule has 0 saturated heterocycles. The van der Waals surface area contributed by atoms with Crippen molar-refractivity contribution in [3.63, 3.8) is 0 Å². The summed E-state index contributed by atoms with van der Waals surface area (Å²) in [6, 6.07) is 8.05. The maximum Gasteiger partial charge on any atom is 0.151 e. The number of hydrogen-bond acceptors (Lipinski definition) is 2. The zero-order chi connectivity index (χ0) is 18.0. The fourth-order valence-electron chi connectivity index (χ4n) is 3.94. The van der Waals surface area contributed by atoms with E-state index in [2.05, 4.69) is 40.5 Å². The summed E-state index contributed by atoms with van der Waals surface area (Å²) < 4.78 is 16.9. The van der Waals surface area contributed by atoms with Crippen LogP contribution in [0.1, 0.15) is 50.2 Å². The van der Waals surface area contributed by atoms with Crippen molar-refractivity contribution in [1.29, 1.82) is 0 Å². The molecule has 4 aromatic rings. The number of imidazole rings is 1. The van der Waals surface area contributed by atoms with Crippen molar-refractivity contribution < 1.29 is 4.39 Å². The lowest BCUT2D eigenvalue weighted by Gasteiger charge is -2.11. The summed E-state index contributed by atoms with van der Waals surface area (Å²) in [5, 5.41) is 1.03. The van der Waals surface area contributed by atoms with Crippen LogP contribution in [0, 0.1) is 12.7 Å². The third-order valence-electron chi connectivity index (χ3n) is 5.31. The number of aryl methyl sites for hydroxylation is 1. The summed E-state index contributed by atoms with van der Waals surface area (Å²) in [5.41, 5.74) is 5.13. The molecule has 1 N–H and O–H groups in total. The van der Waals surface area contributed by atoms with Crippen molar-refractivity contribution in [3.8, 4) is 11.1 Å². The zero-order valence-corrected chi connectivity index (χ0v) is 15.2. The average molecular weight is 348 g/mol. The number of aromatic nitrogens is 4. The lowest BCUT2D eigenvalue weighted by Crippen LogP contribution is -2.02. The van der Waals surface area contributed by atoms with Crippen LogP contribution in [0.2, 0.25) is 0 Å². The van der Waals surface area contributed by atoms with E-state index in [1.54, 1.807) is 6.07 Å². The lowest BCUT2D eigenvalue weighted by molar-refractivity contribution is 0.600. The Morgan fingerprint density at radius 1 is 1.19 bits per heavy atom. The number of nitrogens with one attached hydrogen (secondary N) is 1. The van der Waals surface area contributed by atoms with E-state index in [9.17, 15) is 4.39 Å². The molecule has 3 heterocycles. The van der Waals surface area contributed by atoms with E-state index in [1.165, 1.54) is 12.8 Å². The number of halogens is 1. The van der Waals surface area contributed by atoms with Gasteiger partial charge in [-0.1, -0.05) is 0 Å². The van der Waals surface area contributed by atoms with Gasteiger partial charge in [-0.3, -0.25) is 0 Å². The molecule has 0 amide bonds. The van der Waals surface area contributed by atoms with E-state index in [4.69, 9.17) is 4.98 Å². The molecular weight excluding hydrogens is 327 g/mol. The Morgan fingerprint density at radius 3 is 2.73 bits per heavy atom. The molecule has 0 bridgehead atoms. The van der Waals surface area contributed by atoms with Gasteiger partial charge in [0.2, 0.25) is 0 Å². The normalized spacial score (nSPS) is 14.8. The molecular formula is C21H21FN4. The van der Waals surface area contributed by atoms with Crippen molar-refractivity contribution in [2.24, 2.45) is 0 Å². The highest BCUT2D eigenvalue weighted by atomic mass is 19.1. The number of nitrogens with zero attached hydrogens (tertiary/aromatic N) is 3. The summed E-state index contributed by atoms with van der Waals surface area (Å²) in [7, 11) is 0. The van der Waals surface area contributed by atoms with E-state index in [0.717, 1.165) is 39.2 Å². The van der Waals surface area contributed by atoms with Gasteiger partial charge >= 0.3 is 0 Å². The quantitative estimate of drug-likeness (QED) is 0.532. The molecule has 0 atom stereocenters. The van der Waals surface area contributed by atoms with Crippen LogP contribution in [-0.4, -0.2) is 19.5 Å². The minimum Gasteiger partial charge on any atom is -0.346 e. The Morgan fingerprint density at radius 2 is 2.00 bits per heavy atom. The monoisotopic (exact) mass is 348 g/mol. The first-order chi connectivity index (χ1) is 12.5. The van der Waals surface area contributed by atoms with Crippen molar-refractivity contribution in [3.05, 3.63) is 47.8 Å². The molecule has 1 fully saturated rings. The largest absolute Gasteiger partial charge is 0.346 e. The molecule has 1 aromatic carbocycles. The third-order valence-corrected chi connectivity index (χ3v) is 5.31. The first-order valence-electron chi connectivity index (χ1n) is 9.19. The van der Waals surface area contributed by atoms with Crippen molar-refractivity contribution in [2.75, 3.05) is 0 Å². The van der Waals surface area contributed by atoms with Crippen LogP contribution in [0.25, 0.3) is 33.2 Å². The van der Waals surface area contributed by atoms with Crippen LogP contribution in [0.5, 0.6) is 0 Å². The van der Waals surface area contributed by atoms with Gasteiger partial charge in [0.15, 0.2) is 5.82 Å². The van der Waals surface area contributed by atoms with E-state index in [-0.39, 0.29) is 11.9 Å². The number of fused-ring (bicyclic) bond motifs is 2.